The molecule has 0 saturated carbocycles. The Kier molecular flexibility index (Phi) is 4.93. The van der Waals surface area contributed by atoms with Crippen LogP contribution in [0.4, 0.5) is 10.1 Å². The van der Waals surface area contributed by atoms with E-state index in [4.69, 9.17) is 0 Å². The molecule has 2 rings (SSSR count). The van der Waals surface area contributed by atoms with Crippen molar-refractivity contribution in [1.82, 2.24) is 4.72 Å². The van der Waals surface area contributed by atoms with Crippen molar-refractivity contribution in [2.45, 2.75) is 11.3 Å². The average Bonchev–Trinajstić information content (AvgIpc) is 2.50. The third-order valence-corrected chi connectivity index (χ3v) is 4.56. The Morgan fingerprint density at radius 2 is 1.71 bits per heavy atom. The number of sulfonamides is 1. The fourth-order valence-electron chi connectivity index (χ4n) is 1.95. The smallest absolute Gasteiger partial charge is 0.242 e. The molecule has 6 heteroatoms. The Labute approximate surface area is 124 Å². The molecule has 0 fully saturated rings. The van der Waals surface area contributed by atoms with E-state index in [0.717, 1.165) is 5.56 Å². The first-order valence-electron chi connectivity index (χ1n) is 6.54. The second-order valence-corrected chi connectivity index (χ2v) is 6.36. The first-order chi connectivity index (χ1) is 10.0. The zero-order valence-corrected chi connectivity index (χ0v) is 12.5. The number of nitrogens with one attached hydrogen (secondary N) is 2. The van der Waals surface area contributed by atoms with Crippen LogP contribution in [0.1, 0.15) is 5.56 Å². The summed E-state index contributed by atoms with van der Waals surface area (Å²) in [6.07, 6.45) is 0.675. The van der Waals surface area contributed by atoms with Crippen LogP contribution in [0.15, 0.2) is 53.4 Å². The van der Waals surface area contributed by atoms with E-state index >= 15 is 0 Å². The normalized spacial score (nSPS) is 11.3. The first kappa shape index (κ1) is 15.5. The molecule has 2 aromatic carbocycles. The van der Waals surface area contributed by atoms with Crippen molar-refractivity contribution in [3.05, 3.63) is 59.9 Å². The number of hydrogen-bond donors (Lipinski definition) is 2. The highest BCUT2D eigenvalue weighted by Gasteiger charge is 2.15. The molecule has 2 aromatic rings. The lowest BCUT2D eigenvalue weighted by molar-refractivity contribution is 0.588. The van der Waals surface area contributed by atoms with E-state index in [0.29, 0.717) is 18.7 Å². The third kappa shape index (κ3) is 4.03. The zero-order valence-electron chi connectivity index (χ0n) is 11.6. The van der Waals surface area contributed by atoms with E-state index in [1.54, 1.807) is 36.4 Å². The number of hydrogen-bond acceptors (Lipinski definition) is 3. The summed E-state index contributed by atoms with van der Waals surface area (Å²) in [6.45, 7) is 0.557. The van der Waals surface area contributed by atoms with Gasteiger partial charge in [-0.25, -0.2) is 17.5 Å². The van der Waals surface area contributed by atoms with Gasteiger partial charge in [0, 0.05) is 6.54 Å². The summed E-state index contributed by atoms with van der Waals surface area (Å²) >= 11 is 0. The van der Waals surface area contributed by atoms with Gasteiger partial charge in [-0.1, -0.05) is 24.3 Å². The first-order valence-corrected chi connectivity index (χ1v) is 8.02. The van der Waals surface area contributed by atoms with Crippen molar-refractivity contribution in [3.8, 4) is 0 Å². The van der Waals surface area contributed by atoms with Crippen LogP contribution in [0, 0.1) is 5.82 Å². The molecule has 0 aliphatic carbocycles. The van der Waals surface area contributed by atoms with Gasteiger partial charge in [0.1, 0.15) is 10.7 Å². The van der Waals surface area contributed by atoms with Crippen LogP contribution in [0.2, 0.25) is 0 Å². The van der Waals surface area contributed by atoms with E-state index in [1.165, 1.54) is 19.2 Å². The summed E-state index contributed by atoms with van der Waals surface area (Å²) < 4.78 is 38.9. The SMILES string of the molecule is CNS(=O)(=O)c1ccccc1NCCc1ccc(F)cc1. The molecule has 0 radical (unpaired) electrons. The molecular formula is C15H17FN2O2S. The van der Waals surface area contributed by atoms with Gasteiger partial charge < -0.3 is 5.32 Å². The zero-order chi connectivity index (χ0) is 15.3. The standard InChI is InChI=1S/C15H17FN2O2S/c1-17-21(19,20)15-5-3-2-4-14(15)18-11-10-12-6-8-13(16)9-7-12/h2-9,17-18H,10-11H2,1H3. The summed E-state index contributed by atoms with van der Waals surface area (Å²) in [5, 5.41) is 3.10. The van der Waals surface area contributed by atoms with Crippen LogP contribution < -0.4 is 10.0 Å². The highest BCUT2D eigenvalue weighted by Crippen LogP contribution is 2.20. The monoisotopic (exact) mass is 308 g/mol. The molecule has 0 heterocycles. The van der Waals surface area contributed by atoms with Gasteiger partial charge in [0.05, 0.1) is 5.69 Å². The van der Waals surface area contributed by atoms with Gasteiger partial charge in [-0.05, 0) is 43.3 Å². The largest absolute Gasteiger partial charge is 0.384 e. The number of rotatable bonds is 6. The minimum Gasteiger partial charge on any atom is -0.384 e. The molecule has 2 N–H and O–H groups in total. The number of benzene rings is 2. The fraction of sp³-hybridized carbons (Fsp3) is 0.200. The minimum atomic E-state index is -3.49. The molecule has 0 unspecified atom stereocenters. The van der Waals surface area contributed by atoms with Gasteiger partial charge in [0.25, 0.3) is 0 Å². The maximum atomic E-state index is 12.8. The Morgan fingerprint density at radius 3 is 2.38 bits per heavy atom. The summed E-state index contributed by atoms with van der Waals surface area (Å²) in [5.41, 5.74) is 1.53. The third-order valence-electron chi connectivity index (χ3n) is 3.09. The van der Waals surface area contributed by atoms with Crippen LogP contribution >= 0.6 is 0 Å². The average molecular weight is 308 g/mol. The van der Waals surface area contributed by atoms with Crippen LogP contribution in [-0.4, -0.2) is 22.0 Å². The molecule has 0 amide bonds. The number of halogens is 1. The predicted molar refractivity (Wildman–Crippen MR) is 81.3 cm³/mol. The maximum Gasteiger partial charge on any atom is 0.242 e. The second-order valence-electron chi connectivity index (χ2n) is 4.51. The Hall–Kier alpha value is -1.92. The van der Waals surface area contributed by atoms with E-state index in [-0.39, 0.29) is 10.7 Å². The van der Waals surface area contributed by atoms with E-state index < -0.39 is 10.0 Å². The Balaban J connectivity index is 2.05. The van der Waals surface area contributed by atoms with Crippen molar-refractivity contribution in [2.75, 3.05) is 18.9 Å². The molecule has 0 aromatic heterocycles. The molecule has 0 aliphatic rings. The fourth-order valence-corrected chi connectivity index (χ4v) is 2.86. The number of anilines is 1. The van der Waals surface area contributed by atoms with Crippen LogP contribution in [-0.2, 0) is 16.4 Å². The number of para-hydroxylation sites is 1. The second kappa shape index (κ2) is 6.69. The van der Waals surface area contributed by atoms with Crippen molar-refractivity contribution >= 4 is 15.7 Å². The van der Waals surface area contributed by atoms with Crippen molar-refractivity contribution in [1.29, 1.82) is 0 Å². The van der Waals surface area contributed by atoms with Gasteiger partial charge >= 0.3 is 0 Å². The summed E-state index contributed by atoms with van der Waals surface area (Å²) in [4.78, 5) is 0.214. The topological polar surface area (TPSA) is 58.2 Å². The Bertz CT molecular complexity index is 700. The van der Waals surface area contributed by atoms with E-state index in [2.05, 4.69) is 10.0 Å². The van der Waals surface area contributed by atoms with Gasteiger partial charge in [-0.2, -0.15) is 0 Å². The molecule has 0 bridgehead atoms. The van der Waals surface area contributed by atoms with Crippen LogP contribution in [0.3, 0.4) is 0 Å². The molecule has 0 spiro atoms. The van der Waals surface area contributed by atoms with Gasteiger partial charge in [-0.3, -0.25) is 0 Å². The maximum absolute atomic E-state index is 12.8. The molecular weight excluding hydrogens is 291 g/mol. The van der Waals surface area contributed by atoms with Crippen molar-refractivity contribution in [3.63, 3.8) is 0 Å². The van der Waals surface area contributed by atoms with E-state index in [9.17, 15) is 12.8 Å². The van der Waals surface area contributed by atoms with Crippen molar-refractivity contribution < 1.29 is 12.8 Å². The summed E-state index contributed by atoms with van der Waals surface area (Å²) in [7, 11) is -2.11. The lowest BCUT2D eigenvalue weighted by atomic mass is 10.1. The van der Waals surface area contributed by atoms with Gasteiger partial charge in [-0.15, -0.1) is 0 Å². The predicted octanol–water partition coefficient (Wildman–Crippen LogP) is 2.39. The minimum absolute atomic E-state index is 0.214. The van der Waals surface area contributed by atoms with Gasteiger partial charge in [0.15, 0.2) is 0 Å². The summed E-state index contributed by atoms with van der Waals surface area (Å²) in [5.74, 6) is -0.267. The highest BCUT2D eigenvalue weighted by molar-refractivity contribution is 7.89. The molecule has 4 nitrogen and oxygen atoms in total. The Morgan fingerprint density at radius 1 is 1.05 bits per heavy atom. The van der Waals surface area contributed by atoms with Crippen LogP contribution in [0.5, 0.6) is 0 Å². The van der Waals surface area contributed by atoms with Crippen LogP contribution in [0.25, 0.3) is 0 Å². The lowest BCUT2D eigenvalue weighted by Crippen LogP contribution is -2.20. The summed E-state index contributed by atoms with van der Waals surface area (Å²) in [6, 6.07) is 13.0. The lowest BCUT2D eigenvalue weighted by Gasteiger charge is -2.12. The van der Waals surface area contributed by atoms with Crippen molar-refractivity contribution in [2.24, 2.45) is 0 Å². The van der Waals surface area contributed by atoms with Gasteiger partial charge in [0.2, 0.25) is 10.0 Å². The van der Waals surface area contributed by atoms with E-state index in [1.807, 2.05) is 0 Å². The molecule has 0 atom stereocenters. The highest BCUT2D eigenvalue weighted by atomic mass is 32.2. The quantitative estimate of drug-likeness (QED) is 0.861. The molecule has 21 heavy (non-hydrogen) atoms. The molecule has 0 saturated heterocycles. The molecule has 112 valence electrons. The molecule has 0 aliphatic heterocycles.